The molecule has 138 valence electrons. The topological polar surface area (TPSA) is 41.6 Å². The molecule has 4 rings (SSSR count). The van der Waals surface area contributed by atoms with Crippen LogP contribution in [0.3, 0.4) is 0 Å². The molecule has 0 unspecified atom stereocenters. The Bertz CT molecular complexity index is 862. The number of anilines is 1. The van der Waals surface area contributed by atoms with Crippen molar-refractivity contribution in [2.75, 3.05) is 37.6 Å². The minimum absolute atomic E-state index is 0.305. The maximum atomic E-state index is 12.8. The second-order valence-corrected chi connectivity index (χ2v) is 6.37. The van der Waals surface area contributed by atoms with E-state index >= 15 is 0 Å². The van der Waals surface area contributed by atoms with Crippen LogP contribution in [0.15, 0.2) is 43.0 Å². The minimum atomic E-state index is -4.42. The normalized spacial score (nSPS) is 16.5. The second kappa shape index (κ2) is 6.64. The first-order valence-corrected chi connectivity index (χ1v) is 8.50. The number of rotatable bonds is 4. The molecule has 3 aromatic rings. The fourth-order valence-corrected chi connectivity index (χ4v) is 3.21. The minimum Gasteiger partial charge on any atom is -0.368 e. The van der Waals surface area contributed by atoms with E-state index in [1.165, 1.54) is 4.40 Å². The molecule has 0 saturated carbocycles. The molecule has 26 heavy (non-hydrogen) atoms. The zero-order valence-electron chi connectivity index (χ0n) is 14.1. The highest BCUT2D eigenvalue weighted by Crippen LogP contribution is 2.29. The summed E-state index contributed by atoms with van der Waals surface area (Å²) >= 11 is 0. The largest absolute Gasteiger partial charge is 0.434 e. The SMILES string of the molecule is FC(F)(F)c1cn2cc(N3CCN(CCn4cccn4)CC3)ccc2n1. The zero-order valence-corrected chi connectivity index (χ0v) is 14.1. The Balaban J connectivity index is 1.39. The number of hydrogen-bond acceptors (Lipinski definition) is 4. The molecule has 0 atom stereocenters. The number of piperazine rings is 1. The molecule has 3 aromatic heterocycles. The predicted molar refractivity (Wildman–Crippen MR) is 91.1 cm³/mol. The predicted octanol–water partition coefficient (Wildman–Crippen LogP) is 2.37. The molecule has 0 radical (unpaired) electrons. The summed E-state index contributed by atoms with van der Waals surface area (Å²) in [5, 5.41) is 4.20. The van der Waals surface area contributed by atoms with E-state index in [2.05, 4.69) is 19.9 Å². The van der Waals surface area contributed by atoms with Crippen molar-refractivity contribution in [3.63, 3.8) is 0 Å². The highest BCUT2D eigenvalue weighted by Gasteiger charge is 2.34. The number of alkyl halides is 3. The molecular formula is C17H19F3N6. The number of aromatic nitrogens is 4. The van der Waals surface area contributed by atoms with Gasteiger partial charge in [-0.15, -0.1) is 0 Å². The van der Waals surface area contributed by atoms with E-state index in [4.69, 9.17) is 0 Å². The van der Waals surface area contributed by atoms with Crippen molar-refractivity contribution in [3.8, 4) is 0 Å². The third-order valence-corrected chi connectivity index (χ3v) is 4.67. The fraction of sp³-hybridized carbons (Fsp3) is 0.412. The second-order valence-electron chi connectivity index (χ2n) is 6.37. The van der Waals surface area contributed by atoms with Crippen molar-refractivity contribution in [3.05, 3.63) is 48.7 Å². The van der Waals surface area contributed by atoms with Gasteiger partial charge in [0, 0.05) is 57.5 Å². The smallest absolute Gasteiger partial charge is 0.368 e. The first kappa shape index (κ1) is 16.9. The summed E-state index contributed by atoms with van der Waals surface area (Å²) in [4.78, 5) is 8.20. The van der Waals surface area contributed by atoms with Gasteiger partial charge in [-0.2, -0.15) is 18.3 Å². The maximum Gasteiger partial charge on any atom is 0.434 e. The van der Waals surface area contributed by atoms with Gasteiger partial charge in [0.05, 0.1) is 12.2 Å². The van der Waals surface area contributed by atoms with Crippen LogP contribution in [0.2, 0.25) is 0 Å². The van der Waals surface area contributed by atoms with E-state index < -0.39 is 11.9 Å². The molecule has 0 amide bonds. The molecule has 1 fully saturated rings. The number of hydrogen-bond donors (Lipinski definition) is 0. The first-order chi connectivity index (χ1) is 12.5. The summed E-state index contributed by atoms with van der Waals surface area (Å²) in [5.41, 5.74) is 0.354. The van der Waals surface area contributed by atoms with Crippen molar-refractivity contribution in [2.24, 2.45) is 0 Å². The van der Waals surface area contributed by atoms with Gasteiger partial charge >= 0.3 is 6.18 Å². The molecule has 0 bridgehead atoms. The van der Waals surface area contributed by atoms with Crippen LogP contribution >= 0.6 is 0 Å². The van der Waals surface area contributed by atoms with E-state index in [-0.39, 0.29) is 0 Å². The van der Waals surface area contributed by atoms with E-state index in [9.17, 15) is 13.2 Å². The summed E-state index contributed by atoms with van der Waals surface area (Å²) in [6, 6.07) is 5.38. The highest BCUT2D eigenvalue weighted by molar-refractivity contribution is 5.53. The Hall–Kier alpha value is -2.55. The number of halogens is 3. The van der Waals surface area contributed by atoms with Gasteiger partial charge in [0.15, 0.2) is 5.69 Å². The summed E-state index contributed by atoms with van der Waals surface area (Å²) in [7, 11) is 0. The van der Waals surface area contributed by atoms with Gasteiger partial charge < -0.3 is 9.30 Å². The van der Waals surface area contributed by atoms with Crippen molar-refractivity contribution in [1.82, 2.24) is 24.1 Å². The Labute approximate surface area is 148 Å². The van der Waals surface area contributed by atoms with Crippen molar-refractivity contribution >= 4 is 11.3 Å². The number of imidazole rings is 1. The van der Waals surface area contributed by atoms with Crippen LogP contribution in [-0.4, -0.2) is 56.8 Å². The average molecular weight is 364 g/mol. The van der Waals surface area contributed by atoms with Crippen LogP contribution < -0.4 is 4.90 Å². The molecule has 1 saturated heterocycles. The Morgan fingerprint density at radius 3 is 2.50 bits per heavy atom. The Kier molecular flexibility index (Phi) is 4.31. The molecule has 0 aliphatic carbocycles. The summed E-state index contributed by atoms with van der Waals surface area (Å²) in [6.45, 7) is 5.30. The van der Waals surface area contributed by atoms with E-state index in [1.807, 2.05) is 23.0 Å². The molecule has 6 nitrogen and oxygen atoms in total. The summed E-state index contributed by atoms with van der Waals surface area (Å²) in [6.07, 6.45) is 2.06. The molecular weight excluding hydrogens is 345 g/mol. The molecule has 0 N–H and O–H groups in total. The van der Waals surface area contributed by atoms with Gasteiger partial charge in [-0.05, 0) is 18.2 Å². The fourth-order valence-electron chi connectivity index (χ4n) is 3.21. The van der Waals surface area contributed by atoms with Crippen molar-refractivity contribution in [1.29, 1.82) is 0 Å². The molecule has 9 heteroatoms. The Morgan fingerprint density at radius 2 is 1.81 bits per heavy atom. The number of fused-ring (bicyclic) bond motifs is 1. The maximum absolute atomic E-state index is 12.8. The lowest BCUT2D eigenvalue weighted by atomic mass is 10.2. The van der Waals surface area contributed by atoms with Gasteiger partial charge in [-0.1, -0.05) is 0 Å². The van der Waals surface area contributed by atoms with Gasteiger partial charge in [0.1, 0.15) is 5.65 Å². The van der Waals surface area contributed by atoms with Gasteiger partial charge in [-0.25, -0.2) is 4.98 Å². The first-order valence-electron chi connectivity index (χ1n) is 8.50. The lowest BCUT2D eigenvalue weighted by Crippen LogP contribution is -2.47. The van der Waals surface area contributed by atoms with Crippen molar-refractivity contribution in [2.45, 2.75) is 12.7 Å². The Morgan fingerprint density at radius 1 is 1.00 bits per heavy atom. The quantitative estimate of drug-likeness (QED) is 0.713. The van der Waals surface area contributed by atoms with Crippen molar-refractivity contribution < 1.29 is 13.2 Å². The van der Waals surface area contributed by atoms with Crippen LogP contribution in [0.1, 0.15) is 5.69 Å². The molecule has 0 aromatic carbocycles. The standard InChI is InChI=1S/C17H19F3N6/c18-17(19,20)15-13-25-12-14(2-3-16(25)22-15)24-9-6-23(7-10-24)8-11-26-5-1-4-21-26/h1-5,12-13H,6-11H2. The third kappa shape index (κ3) is 3.52. The monoisotopic (exact) mass is 364 g/mol. The molecule has 4 heterocycles. The van der Waals surface area contributed by atoms with Gasteiger partial charge in [0.2, 0.25) is 0 Å². The van der Waals surface area contributed by atoms with E-state index in [0.717, 1.165) is 51.2 Å². The average Bonchev–Trinajstić information content (AvgIpc) is 3.29. The van der Waals surface area contributed by atoms with Gasteiger partial charge in [0.25, 0.3) is 0 Å². The highest BCUT2D eigenvalue weighted by atomic mass is 19.4. The number of pyridine rings is 1. The molecule has 1 aliphatic rings. The van der Waals surface area contributed by atoms with Crippen LogP contribution in [0.4, 0.5) is 18.9 Å². The van der Waals surface area contributed by atoms with Gasteiger partial charge in [-0.3, -0.25) is 9.58 Å². The number of nitrogens with zero attached hydrogens (tertiary/aromatic N) is 6. The van der Waals surface area contributed by atoms with E-state index in [1.54, 1.807) is 18.5 Å². The summed E-state index contributed by atoms with van der Waals surface area (Å²) in [5.74, 6) is 0. The van der Waals surface area contributed by atoms with E-state index in [0.29, 0.717) is 5.65 Å². The molecule has 0 spiro atoms. The lowest BCUT2D eigenvalue weighted by molar-refractivity contribution is -0.140. The third-order valence-electron chi connectivity index (χ3n) is 4.67. The van der Waals surface area contributed by atoms with Crippen LogP contribution in [0.25, 0.3) is 5.65 Å². The van der Waals surface area contributed by atoms with Crippen LogP contribution in [0.5, 0.6) is 0 Å². The van der Waals surface area contributed by atoms with Crippen LogP contribution in [0, 0.1) is 0 Å². The molecule has 1 aliphatic heterocycles. The zero-order chi connectivity index (χ0) is 18.1. The van der Waals surface area contributed by atoms with Crippen LogP contribution in [-0.2, 0) is 12.7 Å². The lowest BCUT2D eigenvalue weighted by Gasteiger charge is -2.36. The summed E-state index contributed by atoms with van der Waals surface area (Å²) < 4.78 is 41.8.